The Morgan fingerprint density at radius 3 is 2.87 bits per heavy atom. The van der Waals surface area contributed by atoms with E-state index in [0.29, 0.717) is 12.1 Å². The van der Waals surface area contributed by atoms with Crippen molar-refractivity contribution in [2.45, 2.75) is 50.7 Å². The fraction of sp³-hybridized carbons (Fsp3) is 1.00. The number of nitrogens with one attached hydrogen (secondary N) is 1. The summed E-state index contributed by atoms with van der Waals surface area (Å²) in [5.41, 5.74) is 0. The summed E-state index contributed by atoms with van der Waals surface area (Å²) < 4.78 is 5.51. The summed E-state index contributed by atoms with van der Waals surface area (Å²) in [6.45, 7) is 5.48. The molecule has 0 aliphatic carbocycles. The second-order valence-electron chi connectivity index (χ2n) is 4.90. The van der Waals surface area contributed by atoms with Crippen LogP contribution >= 0.6 is 0 Å². The first-order valence-corrected chi connectivity index (χ1v) is 6.33. The number of piperidine rings is 1. The number of likely N-dealkylation sites (N-methyl/N-ethyl adjacent to an activating group) is 1. The van der Waals surface area contributed by atoms with Crippen molar-refractivity contribution in [1.29, 1.82) is 0 Å². The maximum Gasteiger partial charge on any atom is 0.0622 e. The van der Waals surface area contributed by atoms with Gasteiger partial charge in [0, 0.05) is 24.7 Å². The fourth-order valence-corrected chi connectivity index (χ4v) is 2.95. The summed E-state index contributed by atoms with van der Waals surface area (Å²) in [7, 11) is 2.07. The van der Waals surface area contributed by atoms with Crippen LogP contribution in [0.15, 0.2) is 0 Å². The summed E-state index contributed by atoms with van der Waals surface area (Å²) in [5.74, 6) is 0. The highest BCUT2D eigenvalue weighted by Crippen LogP contribution is 2.25. The lowest BCUT2D eigenvalue weighted by Crippen LogP contribution is -2.54. The highest BCUT2D eigenvalue weighted by Gasteiger charge is 2.33. The van der Waals surface area contributed by atoms with Crippen molar-refractivity contribution in [2.24, 2.45) is 0 Å². The van der Waals surface area contributed by atoms with E-state index in [9.17, 15) is 0 Å². The highest BCUT2D eigenvalue weighted by atomic mass is 16.5. The lowest BCUT2D eigenvalue weighted by molar-refractivity contribution is 0.0644. The minimum Gasteiger partial charge on any atom is -0.380 e. The molecule has 2 heterocycles. The molecule has 3 nitrogen and oxygen atoms in total. The van der Waals surface area contributed by atoms with Crippen LogP contribution in [-0.2, 0) is 4.74 Å². The Labute approximate surface area is 93.2 Å². The maximum atomic E-state index is 5.51. The van der Waals surface area contributed by atoms with Crippen molar-refractivity contribution >= 4 is 0 Å². The van der Waals surface area contributed by atoms with E-state index in [1.807, 2.05) is 0 Å². The van der Waals surface area contributed by atoms with Gasteiger partial charge in [-0.25, -0.2) is 0 Å². The molecule has 0 amide bonds. The molecule has 3 atom stereocenters. The molecule has 0 bridgehead atoms. The molecule has 0 saturated carbocycles. The molecule has 0 aromatic heterocycles. The summed E-state index contributed by atoms with van der Waals surface area (Å²) in [6.07, 6.45) is 5.33. The van der Waals surface area contributed by atoms with Crippen molar-refractivity contribution in [3.63, 3.8) is 0 Å². The number of rotatable bonds is 3. The van der Waals surface area contributed by atoms with E-state index >= 15 is 0 Å². The second-order valence-corrected chi connectivity index (χ2v) is 4.90. The van der Waals surface area contributed by atoms with Gasteiger partial charge >= 0.3 is 0 Å². The zero-order chi connectivity index (χ0) is 10.7. The van der Waals surface area contributed by atoms with Crippen molar-refractivity contribution in [1.82, 2.24) is 10.2 Å². The van der Waals surface area contributed by atoms with Crippen molar-refractivity contribution < 1.29 is 4.74 Å². The monoisotopic (exact) mass is 212 g/mol. The normalized spacial score (nSPS) is 35.6. The number of ether oxygens (including phenoxy) is 1. The minimum atomic E-state index is 0.603. The molecule has 2 rings (SSSR count). The smallest absolute Gasteiger partial charge is 0.0622 e. The van der Waals surface area contributed by atoms with Gasteiger partial charge in [0.15, 0.2) is 0 Å². The summed E-state index contributed by atoms with van der Waals surface area (Å²) in [4.78, 5) is 2.69. The van der Waals surface area contributed by atoms with Gasteiger partial charge in [0.25, 0.3) is 0 Å². The fourth-order valence-electron chi connectivity index (χ4n) is 2.95. The first kappa shape index (κ1) is 11.4. The third kappa shape index (κ3) is 2.52. The van der Waals surface area contributed by atoms with Crippen LogP contribution in [0.5, 0.6) is 0 Å². The molecule has 15 heavy (non-hydrogen) atoms. The Morgan fingerprint density at radius 2 is 2.20 bits per heavy atom. The molecule has 88 valence electrons. The van der Waals surface area contributed by atoms with Crippen molar-refractivity contribution in [3.8, 4) is 0 Å². The molecule has 1 N–H and O–H groups in total. The third-order valence-electron chi connectivity index (χ3n) is 4.00. The van der Waals surface area contributed by atoms with Crippen LogP contribution in [0, 0.1) is 0 Å². The van der Waals surface area contributed by atoms with Gasteiger partial charge in [-0.15, -0.1) is 0 Å². The van der Waals surface area contributed by atoms with Crippen LogP contribution < -0.4 is 5.32 Å². The van der Waals surface area contributed by atoms with Gasteiger partial charge in [0.2, 0.25) is 0 Å². The van der Waals surface area contributed by atoms with Crippen LogP contribution in [-0.4, -0.2) is 49.8 Å². The number of likely N-dealkylation sites (tertiary alicyclic amines) is 1. The Kier molecular flexibility index (Phi) is 4.00. The Hall–Kier alpha value is -0.120. The number of hydrogen-bond acceptors (Lipinski definition) is 3. The molecule has 0 radical (unpaired) electrons. The van der Waals surface area contributed by atoms with E-state index in [-0.39, 0.29) is 0 Å². The quantitative estimate of drug-likeness (QED) is 0.762. The van der Waals surface area contributed by atoms with Crippen LogP contribution in [0.25, 0.3) is 0 Å². The van der Waals surface area contributed by atoms with E-state index < -0.39 is 0 Å². The van der Waals surface area contributed by atoms with Gasteiger partial charge in [-0.1, -0.05) is 6.42 Å². The first-order valence-electron chi connectivity index (χ1n) is 6.33. The van der Waals surface area contributed by atoms with E-state index in [4.69, 9.17) is 4.74 Å². The average molecular weight is 212 g/mol. The maximum absolute atomic E-state index is 5.51. The van der Waals surface area contributed by atoms with Crippen molar-refractivity contribution in [2.75, 3.05) is 26.8 Å². The van der Waals surface area contributed by atoms with Gasteiger partial charge in [0.1, 0.15) is 0 Å². The number of hydrogen-bond donors (Lipinski definition) is 1. The summed E-state index contributed by atoms with van der Waals surface area (Å²) in [6, 6.07) is 2.01. The van der Waals surface area contributed by atoms with Crippen LogP contribution in [0.2, 0.25) is 0 Å². The molecule has 2 aliphatic rings. The SMILES string of the molecule is CNC(C)C1CCCCN1C1CCOC1. The Balaban J connectivity index is 1.98. The van der Waals surface area contributed by atoms with Gasteiger partial charge in [-0.05, 0) is 39.8 Å². The van der Waals surface area contributed by atoms with Gasteiger partial charge in [-0.2, -0.15) is 0 Å². The molecule has 3 heteroatoms. The summed E-state index contributed by atoms with van der Waals surface area (Å²) >= 11 is 0. The molecule has 0 aromatic rings. The Morgan fingerprint density at radius 1 is 1.33 bits per heavy atom. The van der Waals surface area contributed by atoms with Gasteiger partial charge < -0.3 is 10.1 Å². The molecular formula is C12H24N2O. The molecule has 2 fully saturated rings. The molecule has 2 saturated heterocycles. The first-order chi connectivity index (χ1) is 7.33. The predicted octanol–water partition coefficient (Wildman–Crippen LogP) is 1.24. The zero-order valence-electron chi connectivity index (χ0n) is 10.0. The third-order valence-corrected chi connectivity index (χ3v) is 4.00. The molecule has 0 aromatic carbocycles. The average Bonchev–Trinajstić information content (AvgIpc) is 2.81. The van der Waals surface area contributed by atoms with Crippen LogP contribution in [0.1, 0.15) is 32.6 Å². The molecule has 3 unspecified atom stereocenters. The van der Waals surface area contributed by atoms with Crippen molar-refractivity contribution in [3.05, 3.63) is 0 Å². The summed E-state index contributed by atoms with van der Waals surface area (Å²) in [5, 5.41) is 3.41. The lowest BCUT2D eigenvalue weighted by atomic mass is 9.94. The zero-order valence-corrected chi connectivity index (χ0v) is 10.0. The molecular weight excluding hydrogens is 188 g/mol. The predicted molar refractivity (Wildman–Crippen MR) is 62.1 cm³/mol. The topological polar surface area (TPSA) is 24.5 Å². The van der Waals surface area contributed by atoms with Crippen LogP contribution in [0.4, 0.5) is 0 Å². The lowest BCUT2D eigenvalue weighted by Gasteiger charge is -2.42. The minimum absolute atomic E-state index is 0.603. The Bertz CT molecular complexity index is 192. The van der Waals surface area contributed by atoms with Gasteiger partial charge in [-0.3, -0.25) is 4.90 Å². The van der Waals surface area contributed by atoms with E-state index in [1.165, 1.54) is 32.2 Å². The second kappa shape index (κ2) is 5.28. The number of nitrogens with zero attached hydrogens (tertiary/aromatic N) is 1. The van der Waals surface area contributed by atoms with E-state index in [2.05, 4.69) is 24.2 Å². The largest absolute Gasteiger partial charge is 0.380 e. The molecule has 0 spiro atoms. The standard InChI is InChI=1S/C12H24N2O/c1-10(13-2)12-5-3-4-7-14(12)11-6-8-15-9-11/h10-13H,3-9H2,1-2H3. The highest BCUT2D eigenvalue weighted by molar-refractivity contribution is 4.89. The van der Waals surface area contributed by atoms with Gasteiger partial charge in [0.05, 0.1) is 6.61 Å². The van der Waals surface area contributed by atoms with Crippen LogP contribution in [0.3, 0.4) is 0 Å². The van der Waals surface area contributed by atoms with E-state index in [1.54, 1.807) is 0 Å². The molecule has 2 aliphatic heterocycles. The van der Waals surface area contributed by atoms with E-state index in [0.717, 1.165) is 19.3 Å².